The Labute approximate surface area is 113 Å². The third-order valence-corrected chi connectivity index (χ3v) is 2.64. The maximum absolute atomic E-state index is 12.0. The summed E-state index contributed by atoms with van der Waals surface area (Å²) in [6.07, 6.45) is 0.910. The van der Waals surface area contributed by atoms with E-state index in [2.05, 4.69) is 5.32 Å². The summed E-state index contributed by atoms with van der Waals surface area (Å²) < 4.78 is 5.75. The van der Waals surface area contributed by atoms with Crippen LogP contribution < -0.4 is 10.1 Å². The van der Waals surface area contributed by atoms with Crippen molar-refractivity contribution < 1.29 is 9.53 Å². The van der Waals surface area contributed by atoms with Crippen molar-refractivity contribution in [2.45, 2.75) is 13.3 Å². The largest absolute Gasteiger partial charge is 0.457 e. The predicted molar refractivity (Wildman–Crippen MR) is 75.6 cm³/mol. The van der Waals surface area contributed by atoms with Gasteiger partial charge >= 0.3 is 0 Å². The normalized spacial score (nSPS) is 9.95. The van der Waals surface area contributed by atoms with Gasteiger partial charge in [0.1, 0.15) is 11.5 Å². The summed E-state index contributed by atoms with van der Waals surface area (Å²) in [7, 11) is 0. The monoisotopic (exact) mass is 255 g/mol. The first-order valence-corrected chi connectivity index (χ1v) is 6.41. The third kappa shape index (κ3) is 3.58. The molecule has 1 N–H and O–H groups in total. The van der Waals surface area contributed by atoms with E-state index in [0.717, 1.165) is 12.2 Å². The van der Waals surface area contributed by atoms with E-state index in [4.69, 9.17) is 4.74 Å². The van der Waals surface area contributed by atoms with Crippen LogP contribution in [0.1, 0.15) is 23.7 Å². The first-order chi connectivity index (χ1) is 9.31. The Balaban J connectivity index is 2.19. The molecule has 0 radical (unpaired) electrons. The van der Waals surface area contributed by atoms with Crippen molar-refractivity contribution in [2.24, 2.45) is 0 Å². The summed E-state index contributed by atoms with van der Waals surface area (Å²) in [6, 6.07) is 16.7. The molecular formula is C16H17NO2. The van der Waals surface area contributed by atoms with Gasteiger partial charge < -0.3 is 10.1 Å². The Kier molecular flexibility index (Phi) is 4.56. The zero-order valence-electron chi connectivity index (χ0n) is 10.9. The lowest BCUT2D eigenvalue weighted by Gasteiger charge is -2.10. The van der Waals surface area contributed by atoms with Crippen molar-refractivity contribution in [2.75, 3.05) is 6.54 Å². The molecule has 0 spiro atoms. The van der Waals surface area contributed by atoms with Crippen LogP contribution in [0, 0.1) is 0 Å². The van der Waals surface area contributed by atoms with Crippen LogP contribution in [0.4, 0.5) is 0 Å². The van der Waals surface area contributed by atoms with Crippen LogP contribution in [0.5, 0.6) is 11.5 Å². The number of rotatable bonds is 5. The minimum atomic E-state index is -0.103. The number of hydrogen-bond acceptors (Lipinski definition) is 2. The van der Waals surface area contributed by atoms with Crippen molar-refractivity contribution in [3.8, 4) is 11.5 Å². The maximum Gasteiger partial charge on any atom is 0.255 e. The van der Waals surface area contributed by atoms with Crippen molar-refractivity contribution in [1.82, 2.24) is 5.32 Å². The van der Waals surface area contributed by atoms with Crippen LogP contribution >= 0.6 is 0 Å². The zero-order valence-corrected chi connectivity index (χ0v) is 10.9. The lowest BCUT2D eigenvalue weighted by Crippen LogP contribution is -2.24. The van der Waals surface area contributed by atoms with Crippen LogP contribution in [0.15, 0.2) is 54.6 Å². The minimum Gasteiger partial charge on any atom is -0.457 e. The summed E-state index contributed by atoms with van der Waals surface area (Å²) >= 11 is 0. The number of nitrogens with one attached hydrogen (secondary N) is 1. The van der Waals surface area contributed by atoms with E-state index in [1.165, 1.54) is 0 Å². The first kappa shape index (κ1) is 13.1. The fraction of sp³-hybridized carbons (Fsp3) is 0.188. The molecule has 0 unspecified atom stereocenters. The van der Waals surface area contributed by atoms with Gasteiger partial charge in [-0.1, -0.05) is 37.3 Å². The molecule has 3 nitrogen and oxygen atoms in total. The molecule has 2 aromatic rings. The SMILES string of the molecule is CCCNC(=O)c1ccccc1Oc1ccccc1. The standard InChI is InChI=1S/C16H17NO2/c1-2-12-17-16(18)14-10-6-7-11-15(14)19-13-8-4-3-5-9-13/h3-11H,2,12H2,1H3,(H,17,18). The van der Waals surface area contributed by atoms with Gasteiger partial charge in [0.25, 0.3) is 5.91 Å². The molecule has 1 amide bonds. The Morgan fingerprint density at radius 3 is 2.47 bits per heavy atom. The second-order valence-corrected chi connectivity index (χ2v) is 4.17. The second-order valence-electron chi connectivity index (χ2n) is 4.17. The van der Waals surface area contributed by atoms with Crippen LogP contribution in [0.25, 0.3) is 0 Å². The predicted octanol–water partition coefficient (Wildman–Crippen LogP) is 3.62. The average molecular weight is 255 g/mol. The van der Waals surface area contributed by atoms with E-state index in [0.29, 0.717) is 17.9 Å². The molecule has 0 aromatic heterocycles. The van der Waals surface area contributed by atoms with E-state index in [9.17, 15) is 4.79 Å². The molecule has 98 valence electrons. The molecule has 0 bridgehead atoms. The number of carbonyl (C=O) groups is 1. The van der Waals surface area contributed by atoms with Gasteiger partial charge in [0.15, 0.2) is 0 Å². The number of ether oxygens (including phenoxy) is 1. The van der Waals surface area contributed by atoms with Gasteiger partial charge in [-0.15, -0.1) is 0 Å². The van der Waals surface area contributed by atoms with Crippen LogP contribution in [0.2, 0.25) is 0 Å². The number of amides is 1. The molecule has 3 heteroatoms. The summed E-state index contributed by atoms with van der Waals surface area (Å²) in [5, 5.41) is 2.86. The van der Waals surface area contributed by atoms with Gasteiger partial charge in [0.05, 0.1) is 5.56 Å². The summed E-state index contributed by atoms with van der Waals surface area (Å²) in [6.45, 7) is 2.69. The van der Waals surface area contributed by atoms with Crippen LogP contribution in [-0.2, 0) is 0 Å². The highest BCUT2D eigenvalue weighted by atomic mass is 16.5. The van der Waals surface area contributed by atoms with Crippen molar-refractivity contribution >= 4 is 5.91 Å². The van der Waals surface area contributed by atoms with E-state index in [1.807, 2.05) is 49.4 Å². The minimum absolute atomic E-state index is 0.103. The Bertz CT molecular complexity index is 537. The van der Waals surface area contributed by atoms with Gasteiger partial charge in [-0.2, -0.15) is 0 Å². The maximum atomic E-state index is 12.0. The average Bonchev–Trinajstić information content (AvgIpc) is 2.46. The number of para-hydroxylation sites is 2. The molecule has 0 aliphatic rings. The molecule has 0 saturated carbocycles. The molecule has 2 aromatic carbocycles. The first-order valence-electron chi connectivity index (χ1n) is 6.41. The van der Waals surface area contributed by atoms with Gasteiger partial charge in [-0.05, 0) is 30.7 Å². The van der Waals surface area contributed by atoms with Crippen molar-refractivity contribution in [3.63, 3.8) is 0 Å². The topological polar surface area (TPSA) is 38.3 Å². The van der Waals surface area contributed by atoms with E-state index >= 15 is 0 Å². The number of hydrogen-bond donors (Lipinski definition) is 1. The molecule has 0 saturated heterocycles. The quantitative estimate of drug-likeness (QED) is 0.886. The summed E-state index contributed by atoms with van der Waals surface area (Å²) in [5.41, 5.74) is 0.555. The Morgan fingerprint density at radius 2 is 1.74 bits per heavy atom. The smallest absolute Gasteiger partial charge is 0.255 e. The molecule has 0 aliphatic carbocycles. The molecule has 0 heterocycles. The van der Waals surface area contributed by atoms with Crippen molar-refractivity contribution in [1.29, 1.82) is 0 Å². The Hall–Kier alpha value is -2.29. The lowest BCUT2D eigenvalue weighted by atomic mass is 10.2. The molecule has 0 fully saturated rings. The van der Waals surface area contributed by atoms with E-state index < -0.39 is 0 Å². The number of carbonyl (C=O) groups excluding carboxylic acids is 1. The molecule has 0 atom stereocenters. The lowest BCUT2D eigenvalue weighted by molar-refractivity contribution is 0.0951. The van der Waals surface area contributed by atoms with Crippen LogP contribution in [-0.4, -0.2) is 12.5 Å². The van der Waals surface area contributed by atoms with E-state index in [-0.39, 0.29) is 5.91 Å². The molecule has 2 rings (SSSR count). The highest BCUT2D eigenvalue weighted by Gasteiger charge is 2.11. The molecule has 19 heavy (non-hydrogen) atoms. The second kappa shape index (κ2) is 6.59. The summed E-state index contributed by atoms with van der Waals surface area (Å²) in [5.74, 6) is 1.19. The van der Waals surface area contributed by atoms with E-state index in [1.54, 1.807) is 12.1 Å². The zero-order chi connectivity index (χ0) is 13.5. The van der Waals surface area contributed by atoms with Crippen LogP contribution in [0.3, 0.4) is 0 Å². The fourth-order valence-electron chi connectivity index (χ4n) is 1.69. The Morgan fingerprint density at radius 1 is 1.05 bits per heavy atom. The van der Waals surface area contributed by atoms with Gasteiger partial charge in [0.2, 0.25) is 0 Å². The fourth-order valence-corrected chi connectivity index (χ4v) is 1.69. The highest BCUT2D eigenvalue weighted by molar-refractivity contribution is 5.96. The van der Waals surface area contributed by atoms with Gasteiger partial charge in [-0.25, -0.2) is 0 Å². The number of benzene rings is 2. The molecule has 0 aliphatic heterocycles. The third-order valence-electron chi connectivity index (χ3n) is 2.64. The summed E-state index contributed by atoms with van der Waals surface area (Å²) in [4.78, 5) is 12.0. The van der Waals surface area contributed by atoms with Gasteiger partial charge in [0, 0.05) is 6.54 Å². The van der Waals surface area contributed by atoms with Gasteiger partial charge in [-0.3, -0.25) is 4.79 Å². The highest BCUT2D eigenvalue weighted by Crippen LogP contribution is 2.24. The molecular weight excluding hydrogens is 238 g/mol. The van der Waals surface area contributed by atoms with Crippen molar-refractivity contribution in [3.05, 3.63) is 60.2 Å².